The van der Waals surface area contributed by atoms with Gasteiger partial charge in [-0.1, -0.05) is 34.8 Å². The minimum atomic E-state index is -3.04. The number of aliphatic hydroxyl groups excluding tert-OH is 1. The third-order valence-corrected chi connectivity index (χ3v) is 28.8. The van der Waals surface area contributed by atoms with E-state index in [1.54, 1.807) is 39.2 Å². The molecule has 0 spiro atoms. The molecule has 42 heteroatoms. The maximum atomic E-state index is 13.5. The second-order valence-corrected chi connectivity index (χ2v) is 40.2. The predicted molar refractivity (Wildman–Crippen MR) is 398 cm³/mol. The van der Waals surface area contributed by atoms with E-state index in [0.29, 0.717) is 70.7 Å². The number of hydrogen-bond donors (Lipinski definition) is 2. The Balaban J connectivity index is 0.000000108. The molecule has 590 valence electrons. The van der Waals surface area contributed by atoms with Crippen molar-refractivity contribution in [2.24, 2.45) is 45.3 Å². The van der Waals surface area contributed by atoms with Crippen molar-refractivity contribution >= 4 is 164 Å². The average Bonchev–Trinajstić information content (AvgIpc) is 1.51. The van der Waals surface area contributed by atoms with E-state index in [-0.39, 0.29) is 151 Å². The van der Waals surface area contributed by atoms with E-state index in [4.69, 9.17) is 134 Å². The Labute approximate surface area is 663 Å². The standard InChI is InChI=1S/C19H23Cl2N4O5P.C19H25ClN5O5P.C15H16Cl2N4O3.C15H14Cl2N4O3/c1-5-28-31(4,27)7-10(26)19-6-9(19)12(13-14(19)30-18(2,3)29-13)25-8-22-11-15(20)23-17(21)24-16(11)25;1-5-28-31(4,27)7-10(26)19-6-9(19)12(13-14(19)30-18(2,3)29-13)25-8-22-11-15(21)23-17(20)24-16(11)25;2*1-14(2)23-9-8(6-3-15(6,4-22)10(9)24-14)21-5-18-7-11(16)19-13(17)20-12(7)21/h8-9,12-14H,5-7H2,1-4H3;8-9,12-14H,5-7H2,1-4H3,(H2,21,23,24);5-6,8-10,22H,3-4H2,1-2H3;4-6,8-10H,3H2,1-2H3/t2*9-,12-,13+,14+,19-,31?;2*6-,8-,9+,10+,15+/m1111/s1. The summed E-state index contributed by atoms with van der Waals surface area (Å²) in [5.41, 5.74) is 7.65. The van der Waals surface area contributed by atoms with Gasteiger partial charge in [0.15, 0.2) is 78.6 Å². The number of nitrogen functional groups attached to an aromatic ring is 1. The van der Waals surface area contributed by atoms with Gasteiger partial charge < -0.3 is 80.8 Å². The summed E-state index contributed by atoms with van der Waals surface area (Å²) in [6.45, 7) is 22.0. The highest BCUT2D eigenvalue weighted by molar-refractivity contribution is 7.59. The van der Waals surface area contributed by atoms with Crippen LogP contribution in [0.4, 0.5) is 5.82 Å². The van der Waals surface area contributed by atoms with Gasteiger partial charge >= 0.3 is 0 Å². The van der Waals surface area contributed by atoms with Crippen LogP contribution in [0.25, 0.3) is 44.7 Å². The first-order chi connectivity index (χ1) is 51.7. The Morgan fingerprint density at radius 2 is 0.809 bits per heavy atom. The van der Waals surface area contributed by atoms with E-state index in [9.17, 15) is 28.6 Å². The third kappa shape index (κ3) is 12.3. The monoisotopic (exact) mass is 1700 g/mol. The SMILES string of the molecule is CC1(C)O[C@H]2[C@H](n3cnc4c(Cl)nc(Cl)nc43)[C@H]3C[C@@]3(C=O)[C@H]2O1.CC1(C)O[C@H]2[C@H](n3cnc4c(Cl)nc(Cl)nc43)[C@H]3C[C@@]3(CO)[C@H]2O1.CCOP(C)(=O)CC(=O)[C@@]12C[C@@H]1[C@@H](n1cnc3c(Cl)nc(Cl)nc31)[C@@H]1OC(C)(C)O[C@@H]12.CCOP(C)(=O)CC(=O)[C@@]12C[C@@H]1[C@@H](n1cnc3c(N)nc(Cl)nc31)[C@@H]1OC(C)(C)O[C@@H]12. The zero-order valence-corrected chi connectivity index (χ0v) is 68.4. The van der Waals surface area contributed by atoms with Crippen molar-refractivity contribution < 1.29 is 75.6 Å². The van der Waals surface area contributed by atoms with Crippen molar-refractivity contribution in [1.82, 2.24) is 78.1 Å². The highest BCUT2D eigenvalue weighted by atomic mass is 35.5. The maximum absolute atomic E-state index is 13.5. The average molecular weight is 1700 g/mol. The van der Waals surface area contributed by atoms with Gasteiger partial charge in [-0.3, -0.25) is 18.7 Å². The highest BCUT2D eigenvalue weighted by Gasteiger charge is 2.82. The van der Waals surface area contributed by atoms with E-state index < -0.39 is 78.5 Å². The molecule has 110 heavy (non-hydrogen) atoms. The first-order valence-corrected chi connectivity index (χ1v) is 43.2. The maximum Gasteiger partial charge on any atom is 0.226 e. The minimum absolute atomic E-state index is 0.0134. The molecule has 0 aromatic carbocycles. The quantitative estimate of drug-likeness (QED) is 0.0393. The first kappa shape index (κ1) is 77.6. The summed E-state index contributed by atoms with van der Waals surface area (Å²) in [5.74, 6) is -2.90. The van der Waals surface area contributed by atoms with Gasteiger partial charge in [-0.25, -0.2) is 34.9 Å². The van der Waals surface area contributed by atoms with Gasteiger partial charge in [0.1, 0.15) is 71.1 Å². The summed E-state index contributed by atoms with van der Waals surface area (Å²) >= 11 is 42.5. The third-order valence-electron chi connectivity index (χ3n) is 24.0. The van der Waals surface area contributed by atoms with Gasteiger partial charge in [0.2, 0.25) is 35.9 Å². The van der Waals surface area contributed by atoms with Gasteiger partial charge in [0.25, 0.3) is 0 Å². The summed E-state index contributed by atoms with van der Waals surface area (Å²) in [5, 5.41) is 10.7. The molecule has 8 aliphatic carbocycles. The molecule has 4 aliphatic heterocycles. The molecule has 20 rings (SSSR count). The van der Waals surface area contributed by atoms with Gasteiger partial charge in [-0.2, -0.15) is 24.9 Å². The number of rotatable bonds is 16. The Morgan fingerprint density at radius 3 is 1.19 bits per heavy atom. The lowest BCUT2D eigenvalue weighted by Crippen LogP contribution is -2.37. The van der Waals surface area contributed by atoms with Crippen LogP contribution < -0.4 is 5.73 Å². The number of ketones is 2. The number of imidazole rings is 4. The molecule has 0 radical (unpaired) electrons. The Hall–Kier alpha value is -4.94. The molecule has 0 amide bonds. The fourth-order valence-electron chi connectivity index (χ4n) is 19.7. The molecule has 12 heterocycles. The van der Waals surface area contributed by atoms with Gasteiger partial charge in [-0.15, -0.1) is 0 Å². The zero-order chi connectivity index (χ0) is 78.4. The number of aldehydes is 1. The van der Waals surface area contributed by atoms with E-state index in [1.165, 1.54) is 13.3 Å². The Morgan fingerprint density at radius 1 is 0.482 bits per heavy atom. The van der Waals surface area contributed by atoms with Crippen LogP contribution in [-0.4, -0.2) is 218 Å². The van der Waals surface area contributed by atoms with E-state index in [0.717, 1.165) is 19.1 Å². The number of halogens is 7. The molecule has 33 nitrogen and oxygen atoms in total. The highest BCUT2D eigenvalue weighted by Crippen LogP contribution is 2.76. The molecule has 0 bridgehead atoms. The fraction of sp³-hybridized carbons (Fsp3) is 0.662. The van der Waals surface area contributed by atoms with Crippen molar-refractivity contribution in [2.75, 3.05) is 51.2 Å². The van der Waals surface area contributed by atoms with Crippen LogP contribution >= 0.6 is 95.9 Å². The molecular formula is C68H78Cl7N17O16P2. The molecule has 22 atom stereocenters. The van der Waals surface area contributed by atoms with Crippen LogP contribution in [0.3, 0.4) is 0 Å². The van der Waals surface area contributed by atoms with Crippen LogP contribution in [0, 0.1) is 45.3 Å². The Kier molecular flexibility index (Phi) is 18.5. The van der Waals surface area contributed by atoms with Crippen molar-refractivity contribution in [3.63, 3.8) is 0 Å². The van der Waals surface area contributed by atoms with E-state index >= 15 is 0 Å². The van der Waals surface area contributed by atoms with Crippen molar-refractivity contribution in [2.45, 2.75) is 191 Å². The van der Waals surface area contributed by atoms with Gasteiger partial charge in [0, 0.05) is 18.7 Å². The Bertz CT molecular complexity index is 5110. The number of hydrogen-bond acceptors (Lipinski definition) is 29. The first-order valence-electron chi connectivity index (χ1n) is 36.0. The number of aliphatic hydroxyl groups is 1. The van der Waals surface area contributed by atoms with E-state index in [2.05, 4.69) is 59.8 Å². The van der Waals surface area contributed by atoms with Crippen LogP contribution in [-0.2, 0) is 70.5 Å². The van der Waals surface area contributed by atoms with Crippen molar-refractivity contribution in [1.29, 1.82) is 0 Å². The lowest BCUT2D eigenvalue weighted by atomic mass is 9.95. The lowest BCUT2D eigenvalue weighted by Gasteiger charge is -2.24. The summed E-state index contributed by atoms with van der Waals surface area (Å²) in [4.78, 5) is 89.1. The van der Waals surface area contributed by atoms with Crippen LogP contribution in [0.5, 0.6) is 0 Å². The number of Topliss-reactive ketones (excluding diaryl/α,β-unsaturated/α-hetero) is 2. The molecule has 12 aliphatic rings. The number of carbonyl (C=O) groups is 3. The number of nitrogens with two attached hydrogens (primary N) is 1. The van der Waals surface area contributed by atoms with Crippen LogP contribution in [0.2, 0.25) is 36.6 Å². The van der Waals surface area contributed by atoms with Crippen molar-refractivity contribution in [3.05, 3.63) is 61.9 Å². The van der Waals surface area contributed by atoms with Crippen molar-refractivity contribution in [3.8, 4) is 0 Å². The number of aromatic nitrogens is 16. The number of anilines is 1. The predicted octanol–water partition coefficient (Wildman–Crippen LogP) is 11.0. The molecule has 8 saturated carbocycles. The molecule has 2 unspecified atom stereocenters. The van der Waals surface area contributed by atoms with Gasteiger partial charge in [0.05, 0.1) is 104 Å². The topological polar surface area (TPSA) is 398 Å². The van der Waals surface area contributed by atoms with Crippen LogP contribution in [0.1, 0.15) is 119 Å². The van der Waals surface area contributed by atoms with E-state index in [1.807, 2.05) is 73.7 Å². The molecule has 8 aromatic rings. The lowest BCUT2D eigenvalue weighted by molar-refractivity contribution is -0.164. The van der Waals surface area contributed by atoms with Gasteiger partial charge in [-0.05, 0) is 165 Å². The summed E-state index contributed by atoms with van der Waals surface area (Å²) in [6.07, 6.45) is 7.75. The molecule has 4 saturated heterocycles. The second kappa shape index (κ2) is 26.3. The largest absolute Gasteiger partial charge is 0.396 e. The molecular weight excluding hydrogens is 1620 g/mol. The summed E-state index contributed by atoms with van der Waals surface area (Å²) in [6, 6.07) is -0.648. The number of ether oxygens (including phenoxy) is 8. The number of carbonyl (C=O) groups excluding carboxylic acids is 3. The molecule has 8 aromatic heterocycles. The molecule has 12 fully saturated rings. The normalized spacial score (nSPS) is 36.8. The zero-order valence-electron chi connectivity index (χ0n) is 61.3. The van der Waals surface area contributed by atoms with Crippen LogP contribution in [0.15, 0.2) is 25.3 Å². The molecule has 3 N–H and O–H groups in total. The second-order valence-electron chi connectivity index (χ2n) is 32.5. The fourth-order valence-corrected chi connectivity index (χ4v) is 24.1. The number of fused-ring (bicyclic) bond motifs is 16. The minimum Gasteiger partial charge on any atom is -0.396 e. The summed E-state index contributed by atoms with van der Waals surface area (Å²) in [7, 11) is -6.08. The smallest absolute Gasteiger partial charge is 0.226 e. The number of nitrogens with zero attached hydrogens (tertiary/aromatic N) is 16. The summed E-state index contributed by atoms with van der Waals surface area (Å²) < 4.78 is 93.1.